The molecule has 0 aliphatic heterocycles. The van der Waals surface area contributed by atoms with Gasteiger partial charge in [0.05, 0.1) is 31.9 Å². The normalized spacial score (nSPS) is 12.0. The van der Waals surface area contributed by atoms with Crippen LogP contribution in [0.2, 0.25) is 0 Å². The van der Waals surface area contributed by atoms with E-state index in [2.05, 4.69) is 23.0 Å². The Labute approximate surface area is 273 Å². The lowest BCUT2D eigenvalue weighted by Gasteiger charge is -2.24. The Morgan fingerprint density at radius 2 is 1.66 bits per heavy atom. The van der Waals surface area contributed by atoms with Gasteiger partial charge >= 0.3 is 5.97 Å². The highest BCUT2D eigenvalue weighted by Crippen LogP contribution is 2.29. The van der Waals surface area contributed by atoms with Crippen LogP contribution in [0.5, 0.6) is 5.75 Å². The predicted molar refractivity (Wildman–Crippen MR) is 171 cm³/mol. The quantitative estimate of drug-likeness (QED) is 0.0646. The minimum absolute atomic E-state index is 0.0572. The molecule has 1 heterocycles. The highest BCUT2D eigenvalue weighted by atomic mass is 16.6. The predicted octanol–water partition coefficient (Wildman–Crippen LogP) is 3.87. The Morgan fingerprint density at radius 3 is 2.34 bits per heavy atom. The van der Waals surface area contributed by atoms with Crippen molar-refractivity contribution < 1.29 is 42.7 Å². The van der Waals surface area contributed by atoms with Gasteiger partial charge in [0.25, 0.3) is 11.8 Å². The molecule has 252 valence electrons. The Bertz CT molecular complexity index is 1510. The SMILES string of the molecule is CCCCC[C@@H](C(=O)NCNC(=O)c1ccc(-c2cc(OCC(N)=O)cc(C(=O)OC)c2)o1)[C@@H](CC)C(=O)NOCc1ccccc1. The number of primary amides is 1. The van der Waals surface area contributed by atoms with E-state index in [1.807, 2.05) is 37.3 Å². The zero-order valence-corrected chi connectivity index (χ0v) is 26.8. The van der Waals surface area contributed by atoms with Gasteiger partial charge < -0.3 is 30.3 Å². The van der Waals surface area contributed by atoms with Crippen LogP contribution in [0.15, 0.2) is 65.1 Å². The molecule has 0 unspecified atom stereocenters. The summed E-state index contributed by atoms with van der Waals surface area (Å²) in [5.41, 5.74) is 9.05. The number of unbranched alkanes of at least 4 members (excludes halogenated alkanes) is 2. The van der Waals surface area contributed by atoms with Crippen LogP contribution in [0.3, 0.4) is 0 Å². The average Bonchev–Trinajstić information content (AvgIpc) is 3.58. The Morgan fingerprint density at radius 1 is 0.894 bits per heavy atom. The fourth-order valence-corrected chi connectivity index (χ4v) is 4.88. The second-order valence-corrected chi connectivity index (χ2v) is 10.7. The molecule has 0 saturated carbocycles. The molecule has 0 saturated heterocycles. The first-order valence-electron chi connectivity index (χ1n) is 15.4. The monoisotopic (exact) mass is 650 g/mol. The minimum Gasteiger partial charge on any atom is -0.484 e. The summed E-state index contributed by atoms with van der Waals surface area (Å²) in [7, 11) is 1.22. The molecule has 1 aromatic heterocycles. The van der Waals surface area contributed by atoms with Crippen LogP contribution in [0.25, 0.3) is 11.3 Å². The number of ether oxygens (including phenoxy) is 2. The van der Waals surface area contributed by atoms with Crippen molar-refractivity contribution in [2.75, 3.05) is 20.4 Å². The lowest BCUT2D eigenvalue weighted by molar-refractivity contribution is -0.144. The number of hydrogen-bond donors (Lipinski definition) is 4. The van der Waals surface area contributed by atoms with Crippen LogP contribution in [0.1, 0.15) is 72.4 Å². The first-order chi connectivity index (χ1) is 22.7. The average molecular weight is 651 g/mol. The number of esters is 1. The first-order valence-corrected chi connectivity index (χ1v) is 15.4. The third kappa shape index (κ3) is 11.3. The number of hydroxylamine groups is 1. The molecule has 2 atom stereocenters. The molecule has 4 amide bonds. The zero-order valence-electron chi connectivity index (χ0n) is 26.8. The van der Waals surface area contributed by atoms with Crippen LogP contribution in [-0.2, 0) is 30.6 Å². The Hall–Kier alpha value is -5.17. The van der Waals surface area contributed by atoms with Crippen molar-refractivity contribution in [2.45, 2.75) is 52.6 Å². The van der Waals surface area contributed by atoms with Crippen LogP contribution >= 0.6 is 0 Å². The largest absolute Gasteiger partial charge is 0.484 e. The molecular formula is C34H42N4O9. The molecule has 0 aliphatic rings. The topological polar surface area (TPSA) is 188 Å². The molecule has 0 radical (unpaired) electrons. The minimum atomic E-state index is -0.701. The lowest BCUT2D eigenvalue weighted by atomic mass is 9.84. The van der Waals surface area contributed by atoms with E-state index in [0.29, 0.717) is 18.4 Å². The van der Waals surface area contributed by atoms with E-state index in [4.69, 9.17) is 24.5 Å². The van der Waals surface area contributed by atoms with E-state index in [1.54, 1.807) is 0 Å². The number of benzene rings is 2. The second kappa shape index (κ2) is 18.7. The molecule has 3 aromatic rings. The summed E-state index contributed by atoms with van der Waals surface area (Å²) in [6.45, 7) is 3.47. The fraction of sp³-hybridized carbons (Fsp3) is 0.382. The van der Waals surface area contributed by atoms with Crippen LogP contribution in [0, 0.1) is 11.8 Å². The maximum Gasteiger partial charge on any atom is 0.338 e. The molecule has 13 nitrogen and oxygen atoms in total. The molecule has 0 bridgehead atoms. The number of carbonyl (C=O) groups is 5. The van der Waals surface area contributed by atoms with Crippen molar-refractivity contribution in [1.82, 2.24) is 16.1 Å². The van der Waals surface area contributed by atoms with Crippen LogP contribution in [0.4, 0.5) is 0 Å². The molecule has 47 heavy (non-hydrogen) atoms. The van der Waals surface area contributed by atoms with Gasteiger partial charge in [0, 0.05) is 11.5 Å². The van der Waals surface area contributed by atoms with E-state index in [1.165, 1.54) is 37.4 Å². The van der Waals surface area contributed by atoms with E-state index in [9.17, 15) is 24.0 Å². The van der Waals surface area contributed by atoms with Crippen molar-refractivity contribution in [2.24, 2.45) is 17.6 Å². The molecule has 5 N–H and O–H groups in total. The third-order valence-corrected chi connectivity index (χ3v) is 7.31. The standard InChI is InChI=1S/C34H42N4O9/c1-4-6-8-13-27(26(5-2)32(41)38-46-19-22-11-9-7-10-12-22)31(40)36-21-37-33(42)29-15-14-28(47-29)23-16-24(34(43)44-3)18-25(17-23)45-20-30(35)39/h7,9-12,14-18,26-27H,4-6,8,13,19-21H2,1-3H3,(H2,35,39)(H,36,40)(H,37,42)(H,38,41)/t26-,27-/m1/s1. The maximum atomic E-state index is 13.3. The first kappa shape index (κ1) is 36.3. The van der Waals surface area contributed by atoms with Crippen molar-refractivity contribution in [3.05, 3.63) is 77.6 Å². The molecular weight excluding hydrogens is 608 g/mol. The van der Waals surface area contributed by atoms with Crippen LogP contribution in [-0.4, -0.2) is 50.0 Å². The Balaban J connectivity index is 1.62. The van der Waals surface area contributed by atoms with Gasteiger partial charge in [0.15, 0.2) is 12.4 Å². The van der Waals surface area contributed by atoms with E-state index in [-0.39, 0.29) is 47.9 Å². The zero-order chi connectivity index (χ0) is 34.2. The number of methoxy groups -OCH3 is 1. The molecule has 0 aliphatic carbocycles. The molecule has 2 aromatic carbocycles. The van der Waals surface area contributed by atoms with Gasteiger partial charge in [-0.25, -0.2) is 10.3 Å². The van der Waals surface area contributed by atoms with Gasteiger partial charge in [-0.2, -0.15) is 0 Å². The van der Waals surface area contributed by atoms with Crippen molar-refractivity contribution in [1.29, 1.82) is 0 Å². The lowest BCUT2D eigenvalue weighted by Crippen LogP contribution is -2.45. The van der Waals surface area contributed by atoms with E-state index in [0.717, 1.165) is 24.8 Å². The van der Waals surface area contributed by atoms with Crippen molar-refractivity contribution in [3.8, 4) is 17.1 Å². The highest BCUT2D eigenvalue weighted by Gasteiger charge is 2.32. The summed E-state index contributed by atoms with van der Waals surface area (Å²) >= 11 is 0. The molecule has 13 heteroatoms. The summed E-state index contributed by atoms with van der Waals surface area (Å²) in [5, 5.41) is 5.32. The summed E-state index contributed by atoms with van der Waals surface area (Å²) in [6.07, 6.45) is 3.53. The number of rotatable bonds is 19. The summed E-state index contributed by atoms with van der Waals surface area (Å²) in [5.74, 6) is -3.62. The van der Waals surface area contributed by atoms with Crippen LogP contribution < -0.4 is 26.6 Å². The van der Waals surface area contributed by atoms with Gasteiger partial charge in [-0.05, 0) is 48.7 Å². The van der Waals surface area contributed by atoms with Gasteiger partial charge in [-0.3, -0.25) is 24.0 Å². The fourth-order valence-electron chi connectivity index (χ4n) is 4.88. The smallest absolute Gasteiger partial charge is 0.338 e. The number of carbonyl (C=O) groups excluding carboxylic acids is 5. The van der Waals surface area contributed by atoms with Gasteiger partial charge in [0.1, 0.15) is 11.5 Å². The van der Waals surface area contributed by atoms with Gasteiger partial charge in [-0.1, -0.05) is 63.4 Å². The maximum absolute atomic E-state index is 13.3. The molecule has 0 fully saturated rings. The number of furan rings is 1. The van der Waals surface area contributed by atoms with E-state index >= 15 is 0 Å². The Kier molecular flexibility index (Phi) is 14.5. The number of nitrogens with one attached hydrogen (secondary N) is 3. The molecule has 0 spiro atoms. The van der Waals surface area contributed by atoms with Gasteiger partial charge in [0.2, 0.25) is 11.8 Å². The van der Waals surface area contributed by atoms with E-state index < -0.39 is 36.2 Å². The van der Waals surface area contributed by atoms with Crippen molar-refractivity contribution in [3.63, 3.8) is 0 Å². The second-order valence-electron chi connectivity index (χ2n) is 10.7. The highest BCUT2D eigenvalue weighted by molar-refractivity contribution is 5.94. The number of hydrogen-bond acceptors (Lipinski definition) is 9. The summed E-state index contributed by atoms with van der Waals surface area (Å²) in [4.78, 5) is 68.0. The summed E-state index contributed by atoms with van der Waals surface area (Å²) < 4.78 is 15.8. The van der Waals surface area contributed by atoms with Gasteiger partial charge in [-0.15, -0.1) is 0 Å². The third-order valence-electron chi connectivity index (χ3n) is 7.31. The number of nitrogens with two attached hydrogens (primary N) is 1. The van der Waals surface area contributed by atoms with Crippen molar-refractivity contribution >= 4 is 29.6 Å². The summed E-state index contributed by atoms with van der Waals surface area (Å²) in [6, 6.07) is 16.7. The number of amides is 4. The molecule has 3 rings (SSSR count).